The van der Waals surface area contributed by atoms with Gasteiger partial charge in [0.2, 0.25) is 17.7 Å². The number of anilines is 1. The van der Waals surface area contributed by atoms with E-state index in [4.69, 9.17) is 4.74 Å². The van der Waals surface area contributed by atoms with Gasteiger partial charge < -0.3 is 19.7 Å². The highest BCUT2D eigenvalue weighted by Crippen LogP contribution is 2.40. The first kappa shape index (κ1) is 26.8. The molecule has 0 atom stereocenters. The first-order valence-corrected chi connectivity index (χ1v) is 11.5. The zero-order chi connectivity index (χ0) is 26.5. The average molecular weight is 502 g/mol. The van der Waals surface area contributed by atoms with E-state index < -0.39 is 35.7 Å². The molecule has 0 saturated carbocycles. The zero-order valence-corrected chi connectivity index (χ0v) is 20.6. The molecular formula is C26H29F2N3O5. The van der Waals surface area contributed by atoms with Gasteiger partial charge in [0.15, 0.2) is 0 Å². The lowest BCUT2D eigenvalue weighted by atomic mass is 9.69. The maximum Gasteiger partial charge on any atom is 0.388 e. The van der Waals surface area contributed by atoms with Gasteiger partial charge in [-0.25, -0.2) is 9.78 Å². The van der Waals surface area contributed by atoms with E-state index in [1.165, 1.54) is 11.0 Å². The predicted octanol–water partition coefficient (Wildman–Crippen LogP) is 3.95. The molecule has 36 heavy (non-hydrogen) atoms. The summed E-state index contributed by atoms with van der Waals surface area (Å²) in [6, 6.07) is 10.4. The van der Waals surface area contributed by atoms with E-state index >= 15 is 0 Å². The fourth-order valence-corrected chi connectivity index (χ4v) is 4.11. The quantitative estimate of drug-likeness (QED) is 0.413. The minimum absolute atomic E-state index is 0.000661. The van der Waals surface area contributed by atoms with Crippen molar-refractivity contribution in [3.8, 4) is 5.88 Å². The van der Waals surface area contributed by atoms with Crippen LogP contribution in [0, 0.1) is 6.92 Å². The number of hydrogen-bond acceptors (Lipinski definition) is 6. The number of halogens is 2. The predicted molar refractivity (Wildman–Crippen MR) is 129 cm³/mol. The molecule has 3 rings (SSSR count). The normalized spacial score (nSPS) is 14.6. The number of nitrogens with one attached hydrogen (secondary N) is 1. The van der Waals surface area contributed by atoms with Gasteiger partial charge >= 0.3 is 12.6 Å². The molecule has 1 aliphatic heterocycles. The fraction of sp³-hybridized carbons (Fsp3) is 0.385. The number of carbonyl (C=O) groups is 3. The van der Waals surface area contributed by atoms with Gasteiger partial charge in [0.25, 0.3) is 0 Å². The molecule has 1 aromatic heterocycles. The molecule has 1 aromatic carbocycles. The molecule has 2 heterocycles. The molecule has 1 N–H and O–H groups in total. The lowest BCUT2D eigenvalue weighted by Gasteiger charge is -2.49. The van der Waals surface area contributed by atoms with Crippen LogP contribution in [0.4, 0.5) is 14.5 Å². The number of aromatic nitrogens is 1. The summed E-state index contributed by atoms with van der Waals surface area (Å²) in [6.45, 7) is 4.37. The number of amides is 2. The van der Waals surface area contributed by atoms with Crippen molar-refractivity contribution in [2.75, 3.05) is 25.0 Å². The van der Waals surface area contributed by atoms with E-state index in [0.29, 0.717) is 5.69 Å². The van der Waals surface area contributed by atoms with Crippen LogP contribution in [-0.2, 0) is 24.5 Å². The van der Waals surface area contributed by atoms with Gasteiger partial charge in [0, 0.05) is 30.9 Å². The van der Waals surface area contributed by atoms with E-state index in [-0.39, 0.29) is 31.3 Å². The summed E-state index contributed by atoms with van der Waals surface area (Å²) in [5, 5.41) is 2.69. The number of nitrogens with zero attached hydrogens (tertiary/aromatic N) is 2. The first-order valence-electron chi connectivity index (χ1n) is 11.5. The molecule has 0 unspecified atom stereocenters. The summed E-state index contributed by atoms with van der Waals surface area (Å²) < 4.78 is 35.2. The van der Waals surface area contributed by atoms with Crippen LogP contribution in [0.15, 0.2) is 48.6 Å². The highest BCUT2D eigenvalue weighted by atomic mass is 19.3. The van der Waals surface area contributed by atoms with Crippen LogP contribution in [-0.4, -0.2) is 54.0 Å². The van der Waals surface area contributed by atoms with Crippen molar-refractivity contribution in [1.29, 1.82) is 0 Å². The van der Waals surface area contributed by atoms with Gasteiger partial charge in [0.05, 0.1) is 6.61 Å². The summed E-state index contributed by atoms with van der Waals surface area (Å²) in [6.07, 6.45) is 2.15. The summed E-state index contributed by atoms with van der Waals surface area (Å²) in [5.41, 5.74) is 0.943. The lowest BCUT2D eigenvalue weighted by Crippen LogP contribution is -2.66. The third kappa shape index (κ3) is 5.87. The maximum atomic E-state index is 13.7. The van der Waals surface area contributed by atoms with Crippen molar-refractivity contribution < 1.29 is 32.6 Å². The number of alkyl halides is 2. The molecule has 1 aliphatic rings. The molecule has 0 spiro atoms. The van der Waals surface area contributed by atoms with E-state index in [0.717, 1.165) is 23.3 Å². The van der Waals surface area contributed by atoms with E-state index in [2.05, 4.69) is 15.0 Å². The van der Waals surface area contributed by atoms with Crippen molar-refractivity contribution in [3.63, 3.8) is 0 Å². The Balaban J connectivity index is 1.93. The van der Waals surface area contributed by atoms with Crippen LogP contribution in [0.25, 0.3) is 0 Å². The van der Waals surface area contributed by atoms with Crippen molar-refractivity contribution in [2.45, 2.75) is 45.6 Å². The van der Waals surface area contributed by atoms with Crippen LogP contribution >= 0.6 is 0 Å². The molecule has 192 valence electrons. The van der Waals surface area contributed by atoms with E-state index in [1.54, 1.807) is 26.0 Å². The highest BCUT2D eigenvalue weighted by Gasteiger charge is 2.53. The fourth-order valence-electron chi connectivity index (χ4n) is 4.11. The van der Waals surface area contributed by atoms with E-state index in [9.17, 15) is 23.2 Å². The van der Waals surface area contributed by atoms with Gasteiger partial charge in [0.1, 0.15) is 11.1 Å². The SMILES string of the molecule is CCOC(=O)/C=C/C(=O)N1CC(C(=O)Nc2ccc(C)nc2OC(F)F)(c2ccccc2C(C)C)C1. The molecule has 0 radical (unpaired) electrons. The Morgan fingerprint density at radius 3 is 2.47 bits per heavy atom. The van der Waals surface area contributed by atoms with Crippen molar-refractivity contribution in [3.05, 3.63) is 65.4 Å². The minimum Gasteiger partial charge on any atom is -0.463 e. The Morgan fingerprint density at radius 2 is 1.83 bits per heavy atom. The lowest BCUT2D eigenvalue weighted by molar-refractivity contribution is -0.141. The highest BCUT2D eigenvalue weighted by molar-refractivity contribution is 6.04. The summed E-state index contributed by atoms with van der Waals surface area (Å²) in [4.78, 5) is 43.4. The van der Waals surface area contributed by atoms with E-state index in [1.807, 2.05) is 32.0 Å². The van der Waals surface area contributed by atoms with Crippen LogP contribution in [0.5, 0.6) is 5.88 Å². The number of hydrogen-bond donors (Lipinski definition) is 1. The smallest absolute Gasteiger partial charge is 0.388 e. The Labute approximate surface area is 208 Å². The number of esters is 1. The van der Waals surface area contributed by atoms with Crippen LogP contribution in [0.1, 0.15) is 43.5 Å². The Bertz CT molecular complexity index is 1160. The number of pyridine rings is 1. The monoisotopic (exact) mass is 501 g/mol. The third-order valence-electron chi connectivity index (χ3n) is 5.86. The van der Waals surface area contributed by atoms with Crippen molar-refractivity contribution in [2.24, 2.45) is 0 Å². The van der Waals surface area contributed by atoms with Gasteiger partial charge in [-0.05, 0) is 43.0 Å². The Morgan fingerprint density at radius 1 is 1.14 bits per heavy atom. The number of aryl methyl sites for hydroxylation is 1. The van der Waals surface area contributed by atoms with Crippen LogP contribution in [0.3, 0.4) is 0 Å². The number of carbonyl (C=O) groups excluding carboxylic acids is 3. The number of benzene rings is 1. The number of likely N-dealkylation sites (tertiary alicyclic amines) is 1. The minimum atomic E-state index is -3.12. The topological polar surface area (TPSA) is 97.8 Å². The molecule has 0 aliphatic carbocycles. The molecule has 1 saturated heterocycles. The van der Waals surface area contributed by atoms with Crippen molar-refractivity contribution in [1.82, 2.24) is 9.88 Å². The molecular weight excluding hydrogens is 472 g/mol. The second-order valence-electron chi connectivity index (χ2n) is 8.74. The third-order valence-corrected chi connectivity index (χ3v) is 5.86. The molecule has 8 nitrogen and oxygen atoms in total. The van der Waals surface area contributed by atoms with Gasteiger partial charge in [-0.2, -0.15) is 8.78 Å². The maximum absolute atomic E-state index is 13.7. The van der Waals surface area contributed by atoms with Gasteiger partial charge in [-0.1, -0.05) is 38.1 Å². The largest absolute Gasteiger partial charge is 0.463 e. The summed E-state index contributed by atoms with van der Waals surface area (Å²) in [5.74, 6) is -1.89. The van der Waals surface area contributed by atoms with Crippen LogP contribution in [0.2, 0.25) is 0 Å². The van der Waals surface area contributed by atoms with Gasteiger partial charge in [-0.3, -0.25) is 9.59 Å². The first-order chi connectivity index (χ1) is 17.1. The van der Waals surface area contributed by atoms with Crippen LogP contribution < -0.4 is 10.1 Å². The zero-order valence-electron chi connectivity index (χ0n) is 20.6. The second kappa shape index (κ2) is 11.3. The average Bonchev–Trinajstić information content (AvgIpc) is 2.79. The summed E-state index contributed by atoms with van der Waals surface area (Å²) >= 11 is 0. The number of ether oxygens (including phenoxy) is 2. The standard InChI is InChI=1S/C26H29F2N3O5/c1-5-35-22(33)13-12-21(32)31-14-26(15-31,19-9-7-6-8-18(19)16(2)3)24(34)30-20-11-10-17(4)29-23(20)36-25(27)28/h6-13,16,25H,5,14-15H2,1-4H3,(H,30,34)/b13-12+. The second-order valence-corrected chi connectivity index (χ2v) is 8.74. The Hall–Kier alpha value is -3.82. The number of rotatable bonds is 9. The van der Waals surface area contributed by atoms with Crippen molar-refractivity contribution >= 4 is 23.5 Å². The molecule has 1 fully saturated rings. The summed E-state index contributed by atoms with van der Waals surface area (Å²) in [7, 11) is 0. The molecule has 10 heteroatoms. The van der Waals surface area contributed by atoms with Gasteiger partial charge in [-0.15, -0.1) is 0 Å². The Kier molecular flexibility index (Phi) is 8.39. The molecule has 2 amide bonds. The molecule has 0 bridgehead atoms. The molecule has 2 aromatic rings.